The van der Waals surface area contributed by atoms with E-state index in [1.165, 1.54) is 5.56 Å². The largest absolute Gasteiger partial charge is 0.316 e. The minimum Gasteiger partial charge on any atom is -0.316 e. The molecule has 0 fully saturated rings. The SMILES string of the molecule is CNCc1ccccc1C#CCCl. The summed E-state index contributed by atoms with van der Waals surface area (Å²) in [5, 5.41) is 3.10. The summed E-state index contributed by atoms with van der Waals surface area (Å²) >= 11 is 5.49. The molecule has 13 heavy (non-hydrogen) atoms. The predicted molar refractivity (Wildman–Crippen MR) is 56.8 cm³/mol. The van der Waals surface area contributed by atoms with Gasteiger partial charge in [0.05, 0.1) is 5.88 Å². The zero-order valence-electron chi connectivity index (χ0n) is 7.60. The number of benzene rings is 1. The maximum atomic E-state index is 5.49. The summed E-state index contributed by atoms with van der Waals surface area (Å²) in [6, 6.07) is 8.07. The molecule has 0 heterocycles. The van der Waals surface area contributed by atoms with Gasteiger partial charge in [-0.1, -0.05) is 30.0 Å². The van der Waals surface area contributed by atoms with Gasteiger partial charge in [-0.2, -0.15) is 0 Å². The first-order valence-corrected chi connectivity index (χ1v) is 4.69. The number of rotatable bonds is 2. The summed E-state index contributed by atoms with van der Waals surface area (Å²) in [5.74, 6) is 6.26. The van der Waals surface area contributed by atoms with Crippen LogP contribution in [0.25, 0.3) is 0 Å². The molecule has 0 spiro atoms. The number of alkyl halides is 1. The maximum absolute atomic E-state index is 5.49. The molecule has 0 aliphatic carbocycles. The van der Waals surface area contributed by atoms with Crippen LogP contribution >= 0.6 is 11.6 Å². The lowest BCUT2D eigenvalue weighted by atomic mass is 10.1. The highest BCUT2D eigenvalue weighted by molar-refractivity contribution is 6.19. The smallest absolute Gasteiger partial charge is 0.0839 e. The fourth-order valence-corrected chi connectivity index (χ4v) is 1.18. The molecule has 1 aromatic carbocycles. The Morgan fingerprint density at radius 3 is 2.85 bits per heavy atom. The quantitative estimate of drug-likeness (QED) is 0.560. The van der Waals surface area contributed by atoms with E-state index in [0.29, 0.717) is 5.88 Å². The van der Waals surface area contributed by atoms with E-state index < -0.39 is 0 Å². The predicted octanol–water partition coefficient (Wildman–Crippen LogP) is 2.00. The lowest BCUT2D eigenvalue weighted by molar-refractivity contribution is 0.816. The van der Waals surface area contributed by atoms with Crippen LogP contribution in [0.3, 0.4) is 0 Å². The minimum atomic E-state index is 0.383. The van der Waals surface area contributed by atoms with E-state index in [4.69, 9.17) is 11.6 Å². The Morgan fingerprint density at radius 1 is 1.38 bits per heavy atom. The molecule has 0 saturated carbocycles. The van der Waals surface area contributed by atoms with Crippen molar-refractivity contribution in [2.24, 2.45) is 0 Å². The highest BCUT2D eigenvalue weighted by atomic mass is 35.5. The molecule has 0 aliphatic heterocycles. The Morgan fingerprint density at radius 2 is 2.15 bits per heavy atom. The average Bonchev–Trinajstić information content (AvgIpc) is 2.17. The van der Waals surface area contributed by atoms with E-state index in [0.717, 1.165) is 12.1 Å². The molecule has 0 aromatic heterocycles. The lowest BCUT2D eigenvalue weighted by Crippen LogP contribution is -2.06. The number of hydrogen-bond acceptors (Lipinski definition) is 1. The average molecular weight is 194 g/mol. The van der Waals surface area contributed by atoms with Crippen molar-refractivity contribution in [3.63, 3.8) is 0 Å². The molecule has 0 bridgehead atoms. The Hall–Kier alpha value is -0.970. The Labute approximate surface area is 84.1 Å². The third-order valence-electron chi connectivity index (χ3n) is 1.67. The fourth-order valence-electron chi connectivity index (χ4n) is 1.12. The van der Waals surface area contributed by atoms with Crippen molar-refractivity contribution in [3.05, 3.63) is 35.4 Å². The second kappa shape index (κ2) is 5.64. The molecule has 0 saturated heterocycles. The molecule has 68 valence electrons. The summed E-state index contributed by atoms with van der Waals surface area (Å²) in [5.41, 5.74) is 2.26. The van der Waals surface area contributed by atoms with Gasteiger partial charge >= 0.3 is 0 Å². The van der Waals surface area contributed by atoms with Gasteiger partial charge in [-0.3, -0.25) is 0 Å². The molecule has 2 heteroatoms. The molecular weight excluding hydrogens is 182 g/mol. The maximum Gasteiger partial charge on any atom is 0.0839 e. The van der Waals surface area contributed by atoms with Crippen molar-refractivity contribution in [1.29, 1.82) is 0 Å². The molecular formula is C11H12ClN. The van der Waals surface area contributed by atoms with E-state index in [-0.39, 0.29) is 0 Å². The van der Waals surface area contributed by atoms with E-state index in [2.05, 4.69) is 23.2 Å². The molecule has 0 radical (unpaired) electrons. The van der Waals surface area contributed by atoms with Crippen LogP contribution in [-0.4, -0.2) is 12.9 Å². The van der Waals surface area contributed by atoms with Gasteiger partial charge in [-0.05, 0) is 18.7 Å². The topological polar surface area (TPSA) is 12.0 Å². The molecule has 1 rings (SSSR count). The summed E-state index contributed by atoms with van der Waals surface area (Å²) in [4.78, 5) is 0. The fraction of sp³-hybridized carbons (Fsp3) is 0.273. The van der Waals surface area contributed by atoms with Gasteiger partial charge in [0.2, 0.25) is 0 Å². The monoisotopic (exact) mass is 193 g/mol. The van der Waals surface area contributed by atoms with Crippen molar-refractivity contribution < 1.29 is 0 Å². The molecule has 1 N–H and O–H groups in total. The normalized spacial score (nSPS) is 9.08. The summed E-state index contributed by atoms with van der Waals surface area (Å²) in [7, 11) is 1.92. The van der Waals surface area contributed by atoms with Gasteiger partial charge in [0.15, 0.2) is 0 Å². The van der Waals surface area contributed by atoms with Gasteiger partial charge in [0.1, 0.15) is 0 Å². The van der Waals surface area contributed by atoms with E-state index in [1.54, 1.807) is 0 Å². The van der Waals surface area contributed by atoms with E-state index >= 15 is 0 Å². The third kappa shape index (κ3) is 3.10. The van der Waals surface area contributed by atoms with Crippen LogP contribution in [0.2, 0.25) is 0 Å². The third-order valence-corrected chi connectivity index (χ3v) is 1.81. The van der Waals surface area contributed by atoms with Crippen LogP contribution in [0.5, 0.6) is 0 Å². The molecule has 1 nitrogen and oxygen atoms in total. The van der Waals surface area contributed by atoms with Crippen molar-refractivity contribution in [3.8, 4) is 11.8 Å². The highest BCUT2D eigenvalue weighted by Gasteiger charge is 1.95. The van der Waals surface area contributed by atoms with E-state index in [9.17, 15) is 0 Å². The van der Waals surface area contributed by atoms with Gasteiger partial charge < -0.3 is 5.32 Å². The first-order chi connectivity index (χ1) is 6.38. The number of halogens is 1. The zero-order chi connectivity index (χ0) is 9.52. The van der Waals surface area contributed by atoms with E-state index in [1.807, 2.05) is 25.2 Å². The first kappa shape index (κ1) is 10.1. The van der Waals surface area contributed by atoms with Crippen molar-refractivity contribution in [2.45, 2.75) is 6.54 Å². The zero-order valence-corrected chi connectivity index (χ0v) is 8.36. The van der Waals surface area contributed by atoms with Crippen molar-refractivity contribution >= 4 is 11.6 Å². The molecule has 0 unspecified atom stereocenters. The Balaban J connectivity index is 2.90. The first-order valence-electron chi connectivity index (χ1n) is 4.16. The summed E-state index contributed by atoms with van der Waals surface area (Å²) in [6.07, 6.45) is 0. The minimum absolute atomic E-state index is 0.383. The second-order valence-electron chi connectivity index (χ2n) is 2.62. The van der Waals surface area contributed by atoms with Crippen LogP contribution in [0.15, 0.2) is 24.3 Å². The highest BCUT2D eigenvalue weighted by Crippen LogP contribution is 2.06. The number of hydrogen-bond donors (Lipinski definition) is 1. The van der Waals surface area contributed by atoms with Crippen LogP contribution in [0, 0.1) is 11.8 Å². The second-order valence-corrected chi connectivity index (χ2v) is 2.89. The van der Waals surface area contributed by atoms with Crippen molar-refractivity contribution in [2.75, 3.05) is 12.9 Å². The summed E-state index contributed by atoms with van der Waals surface area (Å²) in [6.45, 7) is 0.840. The molecule has 1 aromatic rings. The molecule has 0 atom stereocenters. The lowest BCUT2D eigenvalue weighted by Gasteiger charge is -2.02. The standard InChI is InChI=1S/C11H12ClN/c1-13-9-11-6-3-2-5-10(11)7-4-8-12/h2-3,5-6,13H,8-9H2,1H3. The van der Waals surface area contributed by atoms with Gasteiger partial charge in [-0.15, -0.1) is 11.6 Å². The van der Waals surface area contributed by atoms with Crippen LogP contribution in [0.1, 0.15) is 11.1 Å². The Kier molecular flexibility index (Phi) is 4.39. The Bertz CT molecular complexity index is 322. The number of nitrogens with one attached hydrogen (secondary N) is 1. The van der Waals surface area contributed by atoms with Crippen LogP contribution in [0.4, 0.5) is 0 Å². The van der Waals surface area contributed by atoms with Crippen LogP contribution < -0.4 is 5.32 Å². The summed E-state index contributed by atoms with van der Waals surface area (Å²) < 4.78 is 0. The van der Waals surface area contributed by atoms with Gasteiger partial charge in [0.25, 0.3) is 0 Å². The van der Waals surface area contributed by atoms with Gasteiger partial charge in [0, 0.05) is 12.1 Å². The van der Waals surface area contributed by atoms with Gasteiger partial charge in [-0.25, -0.2) is 0 Å². The van der Waals surface area contributed by atoms with Crippen molar-refractivity contribution in [1.82, 2.24) is 5.32 Å². The molecule has 0 aliphatic rings. The molecule has 0 amide bonds. The van der Waals surface area contributed by atoms with Crippen LogP contribution in [-0.2, 0) is 6.54 Å².